The summed E-state index contributed by atoms with van der Waals surface area (Å²) < 4.78 is 38.1. The molecule has 0 fully saturated rings. The van der Waals surface area contributed by atoms with Crippen molar-refractivity contribution in [2.24, 2.45) is 0 Å². The zero-order valence-corrected chi connectivity index (χ0v) is 10.4. The first-order valence-electron chi connectivity index (χ1n) is 5.67. The summed E-state index contributed by atoms with van der Waals surface area (Å²) in [4.78, 5) is 14.7. The third-order valence-corrected chi connectivity index (χ3v) is 2.70. The van der Waals surface area contributed by atoms with E-state index in [4.69, 9.17) is 5.11 Å². The number of rotatable bonds is 2. The van der Waals surface area contributed by atoms with Gasteiger partial charge < -0.3 is 5.11 Å². The number of nitrogens with zero attached hydrogens (tertiary/aromatic N) is 1. The van der Waals surface area contributed by atoms with Gasteiger partial charge in [-0.25, -0.2) is 4.79 Å². The number of aliphatic carboxylic acids is 1. The third kappa shape index (κ3) is 2.96. The Hall–Kier alpha value is -2.37. The van der Waals surface area contributed by atoms with E-state index in [0.717, 1.165) is 18.2 Å². The Balaban J connectivity index is 2.68. The topological polar surface area (TPSA) is 50.2 Å². The second-order valence-electron chi connectivity index (χ2n) is 4.25. The van der Waals surface area contributed by atoms with Gasteiger partial charge in [-0.1, -0.05) is 0 Å². The number of carboxylic acids is 1. The molecular weight excluding hydrogens is 271 g/mol. The first kappa shape index (κ1) is 14.0. The first-order valence-corrected chi connectivity index (χ1v) is 5.67. The summed E-state index contributed by atoms with van der Waals surface area (Å²) in [5.74, 6) is -1.17. The molecule has 1 heterocycles. The van der Waals surface area contributed by atoms with Gasteiger partial charge in [0.25, 0.3) is 0 Å². The van der Waals surface area contributed by atoms with Crippen LogP contribution in [0.15, 0.2) is 30.3 Å². The Labute approximate surface area is 112 Å². The van der Waals surface area contributed by atoms with E-state index in [9.17, 15) is 18.0 Å². The maximum Gasteiger partial charge on any atom is 0.416 e. The minimum Gasteiger partial charge on any atom is -0.478 e. The lowest BCUT2D eigenvalue weighted by molar-refractivity contribution is -0.137. The second kappa shape index (κ2) is 4.96. The fourth-order valence-electron chi connectivity index (χ4n) is 1.87. The highest BCUT2D eigenvalue weighted by Gasteiger charge is 2.30. The average Bonchev–Trinajstić information content (AvgIpc) is 2.33. The van der Waals surface area contributed by atoms with Crippen LogP contribution in [-0.2, 0) is 11.0 Å². The van der Waals surface area contributed by atoms with Crippen molar-refractivity contribution in [3.05, 3.63) is 47.2 Å². The largest absolute Gasteiger partial charge is 0.478 e. The molecule has 0 aliphatic rings. The predicted octanol–water partition coefficient (Wildman–Crippen LogP) is 3.66. The molecule has 0 atom stereocenters. The Morgan fingerprint density at radius 3 is 2.60 bits per heavy atom. The molecule has 6 heteroatoms. The molecule has 0 saturated heterocycles. The number of aryl methyl sites for hydroxylation is 1. The number of alkyl halides is 3. The van der Waals surface area contributed by atoms with Crippen LogP contribution in [0.4, 0.5) is 13.2 Å². The number of hydrogen-bond donors (Lipinski definition) is 1. The van der Waals surface area contributed by atoms with Gasteiger partial charge in [0.05, 0.1) is 11.1 Å². The van der Waals surface area contributed by atoms with Crippen molar-refractivity contribution in [2.45, 2.75) is 13.1 Å². The highest BCUT2D eigenvalue weighted by atomic mass is 19.4. The van der Waals surface area contributed by atoms with Gasteiger partial charge in [0.2, 0.25) is 0 Å². The number of hydrogen-bond acceptors (Lipinski definition) is 2. The van der Waals surface area contributed by atoms with Crippen LogP contribution in [0.1, 0.15) is 16.8 Å². The Morgan fingerprint density at radius 2 is 2.00 bits per heavy atom. The fourth-order valence-corrected chi connectivity index (χ4v) is 1.87. The van der Waals surface area contributed by atoms with Crippen molar-refractivity contribution in [3.63, 3.8) is 0 Å². The molecule has 0 aliphatic carbocycles. The number of halogens is 3. The molecule has 1 aromatic heterocycles. The van der Waals surface area contributed by atoms with E-state index in [1.54, 1.807) is 13.0 Å². The van der Waals surface area contributed by atoms with Crippen LogP contribution < -0.4 is 0 Å². The van der Waals surface area contributed by atoms with E-state index in [-0.39, 0.29) is 5.39 Å². The molecule has 104 valence electrons. The minimum absolute atomic E-state index is 0.267. The number of carbonyl (C=O) groups is 1. The molecule has 3 nitrogen and oxygen atoms in total. The van der Waals surface area contributed by atoms with Crippen LogP contribution in [0.5, 0.6) is 0 Å². The number of carboxylic acid groups (broad SMARTS) is 1. The summed E-state index contributed by atoms with van der Waals surface area (Å²) in [6.07, 6.45) is -2.30. The molecule has 2 rings (SSSR count). The summed E-state index contributed by atoms with van der Waals surface area (Å²) in [6, 6.07) is 4.76. The smallest absolute Gasteiger partial charge is 0.416 e. The van der Waals surface area contributed by atoms with Crippen LogP contribution in [0, 0.1) is 6.92 Å². The molecule has 1 N–H and O–H groups in total. The van der Waals surface area contributed by atoms with E-state index in [0.29, 0.717) is 16.8 Å². The molecule has 0 saturated carbocycles. The van der Waals surface area contributed by atoms with Gasteiger partial charge in [-0.3, -0.25) is 4.98 Å². The van der Waals surface area contributed by atoms with Crippen LogP contribution >= 0.6 is 0 Å². The first-order chi connectivity index (χ1) is 9.27. The fraction of sp³-hybridized carbons (Fsp3) is 0.143. The predicted molar refractivity (Wildman–Crippen MR) is 68.2 cm³/mol. The Kier molecular flexibility index (Phi) is 3.48. The molecule has 0 bridgehead atoms. The lowest BCUT2D eigenvalue weighted by Crippen LogP contribution is -2.04. The molecule has 0 unspecified atom stereocenters. The summed E-state index contributed by atoms with van der Waals surface area (Å²) in [6.45, 7) is 1.69. The molecular formula is C14H10F3NO2. The molecule has 0 spiro atoms. The maximum absolute atomic E-state index is 12.7. The average molecular weight is 281 g/mol. The Bertz CT molecular complexity index is 705. The SMILES string of the molecule is Cc1cc(/C=C/C(=O)O)c2cc(C(F)(F)F)ccc2n1. The van der Waals surface area contributed by atoms with Crippen molar-refractivity contribution in [1.82, 2.24) is 4.98 Å². The Morgan fingerprint density at radius 1 is 1.30 bits per heavy atom. The van der Waals surface area contributed by atoms with E-state index in [1.807, 2.05) is 0 Å². The standard InChI is InChI=1S/C14H10F3NO2/c1-8-6-9(2-5-13(19)20)11-7-10(14(15,16)17)3-4-12(11)18-8/h2-7H,1H3,(H,19,20)/b5-2+. The monoisotopic (exact) mass is 281 g/mol. The zero-order chi connectivity index (χ0) is 14.9. The molecule has 20 heavy (non-hydrogen) atoms. The van der Waals surface area contributed by atoms with Crippen LogP contribution in [0.3, 0.4) is 0 Å². The summed E-state index contributed by atoms with van der Waals surface area (Å²) in [7, 11) is 0. The van der Waals surface area contributed by atoms with Crippen molar-refractivity contribution in [1.29, 1.82) is 0 Å². The maximum atomic E-state index is 12.7. The van der Waals surface area contributed by atoms with Gasteiger partial charge in [-0.05, 0) is 42.8 Å². The van der Waals surface area contributed by atoms with Crippen molar-refractivity contribution >= 4 is 22.9 Å². The number of aromatic nitrogens is 1. The number of benzene rings is 1. The minimum atomic E-state index is -4.45. The third-order valence-electron chi connectivity index (χ3n) is 2.70. The molecule has 0 amide bonds. The van der Waals surface area contributed by atoms with Crippen LogP contribution in [0.25, 0.3) is 17.0 Å². The van der Waals surface area contributed by atoms with E-state index >= 15 is 0 Å². The zero-order valence-electron chi connectivity index (χ0n) is 10.4. The second-order valence-corrected chi connectivity index (χ2v) is 4.25. The van der Waals surface area contributed by atoms with E-state index in [2.05, 4.69) is 4.98 Å². The van der Waals surface area contributed by atoms with Gasteiger partial charge >= 0.3 is 12.1 Å². The van der Waals surface area contributed by atoms with Crippen LogP contribution in [0.2, 0.25) is 0 Å². The normalized spacial score (nSPS) is 12.2. The van der Waals surface area contributed by atoms with Crippen molar-refractivity contribution in [3.8, 4) is 0 Å². The summed E-state index contributed by atoms with van der Waals surface area (Å²) in [5, 5.41) is 8.88. The van der Waals surface area contributed by atoms with Gasteiger partial charge in [0.15, 0.2) is 0 Å². The van der Waals surface area contributed by atoms with Crippen molar-refractivity contribution < 1.29 is 23.1 Å². The molecule has 0 radical (unpaired) electrons. The lowest BCUT2D eigenvalue weighted by atomic mass is 10.0. The quantitative estimate of drug-likeness (QED) is 0.855. The summed E-state index contributed by atoms with van der Waals surface area (Å²) >= 11 is 0. The van der Waals surface area contributed by atoms with Gasteiger partial charge in [-0.15, -0.1) is 0 Å². The van der Waals surface area contributed by atoms with Gasteiger partial charge in [0.1, 0.15) is 0 Å². The number of fused-ring (bicyclic) bond motifs is 1. The highest BCUT2D eigenvalue weighted by Crippen LogP contribution is 2.32. The number of pyridine rings is 1. The van der Waals surface area contributed by atoms with E-state index in [1.165, 1.54) is 12.1 Å². The molecule has 0 aliphatic heterocycles. The highest BCUT2D eigenvalue weighted by molar-refractivity contribution is 5.93. The summed E-state index contributed by atoms with van der Waals surface area (Å²) in [5.41, 5.74) is 0.590. The van der Waals surface area contributed by atoms with Crippen LogP contribution in [-0.4, -0.2) is 16.1 Å². The van der Waals surface area contributed by atoms with Gasteiger partial charge in [-0.2, -0.15) is 13.2 Å². The molecule has 2 aromatic rings. The van der Waals surface area contributed by atoms with Gasteiger partial charge in [0, 0.05) is 17.2 Å². The van der Waals surface area contributed by atoms with Crippen molar-refractivity contribution in [2.75, 3.05) is 0 Å². The molecule has 1 aromatic carbocycles. The van der Waals surface area contributed by atoms with E-state index < -0.39 is 17.7 Å². The lowest BCUT2D eigenvalue weighted by Gasteiger charge is -2.09.